The first-order valence-corrected chi connectivity index (χ1v) is 7.66. The van der Waals surface area contributed by atoms with E-state index in [-0.39, 0.29) is 6.04 Å². The molecule has 0 amide bonds. The van der Waals surface area contributed by atoms with Gasteiger partial charge in [0.05, 0.1) is 25.9 Å². The van der Waals surface area contributed by atoms with E-state index in [2.05, 4.69) is 0 Å². The van der Waals surface area contributed by atoms with Crippen molar-refractivity contribution in [2.24, 2.45) is 5.73 Å². The Bertz CT molecular complexity index is 625. The first-order chi connectivity index (χ1) is 10.8. The summed E-state index contributed by atoms with van der Waals surface area (Å²) in [6, 6.07) is 13.6. The zero-order valence-corrected chi connectivity index (χ0v) is 12.7. The molecule has 116 valence electrons. The smallest absolute Gasteiger partial charge is 0.161 e. The minimum atomic E-state index is -0.201. The third-order valence-corrected chi connectivity index (χ3v) is 3.68. The molecule has 1 aliphatic heterocycles. The van der Waals surface area contributed by atoms with Crippen LogP contribution < -0.4 is 19.9 Å². The summed E-state index contributed by atoms with van der Waals surface area (Å²) in [5, 5.41) is 0. The third-order valence-electron chi connectivity index (χ3n) is 3.68. The summed E-state index contributed by atoms with van der Waals surface area (Å²) in [4.78, 5) is 0. The van der Waals surface area contributed by atoms with Gasteiger partial charge in [-0.15, -0.1) is 0 Å². The number of rotatable bonds is 4. The van der Waals surface area contributed by atoms with Gasteiger partial charge >= 0.3 is 0 Å². The van der Waals surface area contributed by atoms with Gasteiger partial charge in [-0.1, -0.05) is 18.2 Å². The zero-order valence-electron chi connectivity index (χ0n) is 12.7. The lowest BCUT2D eigenvalue weighted by Gasteiger charge is -2.15. The summed E-state index contributed by atoms with van der Waals surface area (Å²) in [5.74, 6) is 2.42. The molecule has 2 N–H and O–H groups in total. The van der Waals surface area contributed by atoms with Crippen LogP contribution in [-0.4, -0.2) is 19.8 Å². The van der Waals surface area contributed by atoms with Crippen molar-refractivity contribution in [2.45, 2.75) is 19.4 Å². The summed E-state index contributed by atoms with van der Waals surface area (Å²) in [5.41, 5.74) is 8.42. The second kappa shape index (κ2) is 6.71. The molecule has 0 bridgehead atoms. The van der Waals surface area contributed by atoms with E-state index in [0.717, 1.165) is 34.8 Å². The zero-order chi connectivity index (χ0) is 15.4. The van der Waals surface area contributed by atoms with Crippen molar-refractivity contribution in [2.75, 3.05) is 19.8 Å². The first kappa shape index (κ1) is 14.7. The predicted octanol–water partition coefficient (Wildman–Crippen LogP) is 3.29. The highest BCUT2D eigenvalue weighted by Gasteiger charge is 2.15. The number of ether oxygens (including phenoxy) is 3. The molecule has 0 fully saturated rings. The topological polar surface area (TPSA) is 53.7 Å². The second-order valence-electron chi connectivity index (χ2n) is 5.24. The Morgan fingerprint density at radius 2 is 1.68 bits per heavy atom. The van der Waals surface area contributed by atoms with Crippen molar-refractivity contribution in [3.8, 4) is 17.2 Å². The van der Waals surface area contributed by atoms with Crippen LogP contribution >= 0.6 is 0 Å². The van der Waals surface area contributed by atoms with Crippen LogP contribution in [0.25, 0.3) is 0 Å². The standard InChI is InChI=1S/C18H21NO3/c1-2-20-15-7-4-13(5-8-15)18(19)14-6-9-16-17(12-14)22-11-3-10-21-16/h4-9,12,18H,2-3,10-11,19H2,1H3. The van der Waals surface area contributed by atoms with Crippen LogP contribution in [0.3, 0.4) is 0 Å². The van der Waals surface area contributed by atoms with Crippen LogP contribution in [0, 0.1) is 0 Å². The van der Waals surface area contributed by atoms with E-state index >= 15 is 0 Å². The molecule has 1 aliphatic rings. The molecule has 0 radical (unpaired) electrons. The van der Waals surface area contributed by atoms with E-state index in [4.69, 9.17) is 19.9 Å². The van der Waals surface area contributed by atoms with Crippen LogP contribution in [0.2, 0.25) is 0 Å². The fourth-order valence-electron chi connectivity index (χ4n) is 2.50. The van der Waals surface area contributed by atoms with Crippen LogP contribution in [0.15, 0.2) is 42.5 Å². The van der Waals surface area contributed by atoms with Gasteiger partial charge in [-0.05, 0) is 42.3 Å². The van der Waals surface area contributed by atoms with Gasteiger partial charge < -0.3 is 19.9 Å². The van der Waals surface area contributed by atoms with Crippen molar-refractivity contribution in [1.29, 1.82) is 0 Å². The Morgan fingerprint density at radius 1 is 1.00 bits per heavy atom. The minimum Gasteiger partial charge on any atom is -0.494 e. The van der Waals surface area contributed by atoms with Gasteiger partial charge in [0.25, 0.3) is 0 Å². The molecule has 2 aromatic rings. The summed E-state index contributed by atoms with van der Waals surface area (Å²) in [6.45, 7) is 4.00. The second-order valence-corrected chi connectivity index (χ2v) is 5.24. The minimum absolute atomic E-state index is 0.201. The van der Waals surface area contributed by atoms with Gasteiger partial charge in [-0.2, -0.15) is 0 Å². The molecule has 2 aromatic carbocycles. The lowest BCUT2D eigenvalue weighted by Crippen LogP contribution is -2.12. The summed E-state index contributed by atoms with van der Waals surface area (Å²) in [7, 11) is 0. The fourth-order valence-corrected chi connectivity index (χ4v) is 2.50. The lowest BCUT2D eigenvalue weighted by molar-refractivity contribution is 0.297. The summed E-state index contributed by atoms with van der Waals surface area (Å²) >= 11 is 0. The number of benzene rings is 2. The molecule has 0 saturated heterocycles. The Balaban J connectivity index is 1.82. The van der Waals surface area contributed by atoms with E-state index in [1.807, 2.05) is 49.4 Å². The molecular weight excluding hydrogens is 278 g/mol. The molecule has 3 rings (SSSR count). The Morgan fingerprint density at radius 3 is 2.41 bits per heavy atom. The van der Waals surface area contributed by atoms with Gasteiger partial charge in [0, 0.05) is 6.42 Å². The molecule has 22 heavy (non-hydrogen) atoms. The number of hydrogen-bond donors (Lipinski definition) is 1. The molecule has 4 nitrogen and oxygen atoms in total. The third kappa shape index (κ3) is 3.17. The summed E-state index contributed by atoms with van der Waals surface area (Å²) in [6.07, 6.45) is 0.898. The highest BCUT2D eigenvalue weighted by molar-refractivity contribution is 5.46. The molecule has 1 atom stereocenters. The van der Waals surface area contributed by atoms with Crippen molar-refractivity contribution in [1.82, 2.24) is 0 Å². The highest BCUT2D eigenvalue weighted by atomic mass is 16.5. The normalized spacial score (nSPS) is 15.0. The van der Waals surface area contributed by atoms with Gasteiger partial charge in [-0.25, -0.2) is 0 Å². The quantitative estimate of drug-likeness (QED) is 0.941. The van der Waals surface area contributed by atoms with E-state index in [0.29, 0.717) is 19.8 Å². The molecule has 0 aromatic heterocycles. The monoisotopic (exact) mass is 299 g/mol. The molecule has 0 spiro atoms. The average molecular weight is 299 g/mol. The number of hydrogen-bond acceptors (Lipinski definition) is 4. The maximum atomic E-state index is 6.38. The van der Waals surface area contributed by atoms with Crippen LogP contribution in [0.1, 0.15) is 30.5 Å². The predicted molar refractivity (Wildman–Crippen MR) is 85.7 cm³/mol. The first-order valence-electron chi connectivity index (χ1n) is 7.66. The van der Waals surface area contributed by atoms with Crippen molar-refractivity contribution in [3.63, 3.8) is 0 Å². The van der Waals surface area contributed by atoms with Gasteiger partial charge in [0.1, 0.15) is 5.75 Å². The largest absolute Gasteiger partial charge is 0.494 e. The van der Waals surface area contributed by atoms with Crippen LogP contribution in [0.4, 0.5) is 0 Å². The molecule has 1 unspecified atom stereocenters. The van der Waals surface area contributed by atoms with E-state index < -0.39 is 0 Å². The summed E-state index contributed by atoms with van der Waals surface area (Å²) < 4.78 is 16.8. The molecule has 0 saturated carbocycles. The number of nitrogens with two attached hydrogens (primary N) is 1. The van der Waals surface area contributed by atoms with Gasteiger partial charge in [0.2, 0.25) is 0 Å². The van der Waals surface area contributed by atoms with Crippen molar-refractivity contribution >= 4 is 0 Å². The molecule has 4 heteroatoms. The Hall–Kier alpha value is -2.20. The van der Waals surface area contributed by atoms with E-state index in [1.54, 1.807) is 0 Å². The van der Waals surface area contributed by atoms with Gasteiger partial charge in [-0.3, -0.25) is 0 Å². The van der Waals surface area contributed by atoms with Crippen LogP contribution in [-0.2, 0) is 0 Å². The molecular formula is C18H21NO3. The lowest BCUT2D eigenvalue weighted by atomic mass is 9.99. The Kier molecular flexibility index (Phi) is 4.49. The number of fused-ring (bicyclic) bond motifs is 1. The Labute approximate surface area is 130 Å². The van der Waals surface area contributed by atoms with Gasteiger partial charge in [0.15, 0.2) is 11.5 Å². The maximum absolute atomic E-state index is 6.38. The van der Waals surface area contributed by atoms with E-state index in [1.165, 1.54) is 0 Å². The van der Waals surface area contributed by atoms with Crippen molar-refractivity contribution in [3.05, 3.63) is 53.6 Å². The van der Waals surface area contributed by atoms with Crippen molar-refractivity contribution < 1.29 is 14.2 Å². The fraction of sp³-hybridized carbons (Fsp3) is 0.333. The highest BCUT2D eigenvalue weighted by Crippen LogP contribution is 2.33. The molecule has 0 aliphatic carbocycles. The average Bonchev–Trinajstić information content (AvgIpc) is 2.80. The maximum Gasteiger partial charge on any atom is 0.161 e. The van der Waals surface area contributed by atoms with E-state index in [9.17, 15) is 0 Å². The van der Waals surface area contributed by atoms with Crippen LogP contribution in [0.5, 0.6) is 17.2 Å². The molecule has 1 heterocycles. The SMILES string of the molecule is CCOc1ccc(C(N)c2ccc3c(c2)OCCCO3)cc1.